The van der Waals surface area contributed by atoms with Crippen molar-refractivity contribution in [3.63, 3.8) is 0 Å². The van der Waals surface area contributed by atoms with Gasteiger partial charge in [-0.2, -0.15) is 0 Å². The van der Waals surface area contributed by atoms with Crippen LogP contribution in [-0.2, 0) is 6.54 Å². The molecule has 0 aliphatic heterocycles. The van der Waals surface area contributed by atoms with Crippen LogP contribution in [0.1, 0.15) is 19.0 Å². The Labute approximate surface area is 81.2 Å². The van der Waals surface area contributed by atoms with E-state index >= 15 is 0 Å². The quantitative estimate of drug-likeness (QED) is 0.599. The summed E-state index contributed by atoms with van der Waals surface area (Å²) in [6, 6.07) is 0.231. The SMILES string of the molecule is CC(N)CCNCc1csc(=O)[nH]1. The summed E-state index contributed by atoms with van der Waals surface area (Å²) in [6.07, 6.45) is 0.953. The highest BCUT2D eigenvalue weighted by Gasteiger charge is 1.96. The first kappa shape index (κ1) is 10.4. The number of hydrogen-bond donors (Lipinski definition) is 3. The molecule has 0 radical (unpaired) electrons. The molecule has 0 amide bonds. The van der Waals surface area contributed by atoms with E-state index in [2.05, 4.69) is 10.3 Å². The van der Waals surface area contributed by atoms with Crippen molar-refractivity contribution in [1.82, 2.24) is 10.3 Å². The van der Waals surface area contributed by atoms with Gasteiger partial charge in [0, 0.05) is 23.7 Å². The molecular weight excluding hydrogens is 186 g/mol. The minimum absolute atomic E-state index is 0.00370. The Hall–Kier alpha value is -0.650. The zero-order valence-corrected chi connectivity index (χ0v) is 8.49. The number of H-pyrrole nitrogens is 1. The number of thiazole rings is 1. The van der Waals surface area contributed by atoms with Crippen molar-refractivity contribution in [1.29, 1.82) is 0 Å². The van der Waals surface area contributed by atoms with Gasteiger partial charge >= 0.3 is 4.87 Å². The standard InChI is InChI=1S/C8H15N3OS/c1-6(9)2-3-10-4-7-5-13-8(12)11-7/h5-6,10H,2-4,9H2,1H3,(H,11,12). The van der Waals surface area contributed by atoms with E-state index in [9.17, 15) is 4.79 Å². The van der Waals surface area contributed by atoms with Gasteiger partial charge in [-0.1, -0.05) is 11.3 Å². The van der Waals surface area contributed by atoms with Crippen LogP contribution in [0.2, 0.25) is 0 Å². The lowest BCUT2D eigenvalue weighted by atomic mass is 10.2. The lowest BCUT2D eigenvalue weighted by Gasteiger charge is -2.05. The summed E-state index contributed by atoms with van der Waals surface area (Å²) in [5, 5.41) is 5.04. The van der Waals surface area contributed by atoms with Crippen LogP contribution < -0.4 is 15.9 Å². The van der Waals surface area contributed by atoms with Gasteiger partial charge < -0.3 is 16.0 Å². The zero-order chi connectivity index (χ0) is 9.68. The van der Waals surface area contributed by atoms with Gasteiger partial charge in [0.1, 0.15) is 0 Å². The van der Waals surface area contributed by atoms with Gasteiger partial charge in [-0.05, 0) is 19.9 Å². The lowest BCUT2D eigenvalue weighted by molar-refractivity contribution is 0.585. The predicted octanol–water partition coefficient (Wildman–Crippen LogP) is 0.263. The molecule has 4 nitrogen and oxygen atoms in total. The Bertz CT molecular complexity index is 292. The maximum atomic E-state index is 10.7. The Morgan fingerprint density at radius 3 is 3.08 bits per heavy atom. The van der Waals surface area contributed by atoms with E-state index < -0.39 is 0 Å². The summed E-state index contributed by atoms with van der Waals surface area (Å²) in [4.78, 5) is 13.5. The molecule has 1 heterocycles. The minimum atomic E-state index is 0.00370. The number of rotatable bonds is 5. The van der Waals surface area contributed by atoms with Gasteiger partial charge in [0.2, 0.25) is 0 Å². The molecule has 13 heavy (non-hydrogen) atoms. The molecule has 0 saturated heterocycles. The van der Waals surface area contributed by atoms with E-state index in [0.717, 1.165) is 18.7 Å². The Morgan fingerprint density at radius 2 is 2.54 bits per heavy atom. The van der Waals surface area contributed by atoms with Crippen LogP contribution in [0.3, 0.4) is 0 Å². The molecule has 0 bridgehead atoms. The first-order valence-electron chi connectivity index (χ1n) is 4.31. The van der Waals surface area contributed by atoms with Crippen LogP contribution in [0.15, 0.2) is 10.2 Å². The second-order valence-electron chi connectivity index (χ2n) is 3.12. The van der Waals surface area contributed by atoms with Crippen molar-refractivity contribution in [3.05, 3.63) is 20.7 Å². The normalized spacial score (nSPS) is 13.1. The van der Waals surface area contributed by atoms with Gasteiger partial charge in [0.15, 0.2) is 0 Å². The van der Waals surface area contributed by atoms with Crippen LogP contribution in [0.5, 0.6) is 0 Å². The first-order chi connectivity index (χ1) is 6.18. The van der Waals surface area contributed by atoms with E-state index in [1.54, 1.807) is 0 Å². The molecule has 1 aromatic rings. The van der Waals surface area contributed by atoms with Crippen LogP contribution >= 0.6 is 11.3 Å². The largest absolute Gasteiger partial charge is 0.328 e. The summed E-state index contributed by atoms with van der Waals surface area (Å²) in [5.74, 6) is 0. The third-order valence-electron chi connectivity index (χ3n) is 1.66. The first-order valence-corrected chi connectivity index (χ1v) is 5.19. The zero-order valence-electron chi connectivity index (χ0n) is 7.67. The van der Waals surface area contributed by atoms with Crippen LogP contribution in [-0.4, -0.2) is 17.6 Å². The van der Waals surface area contributed by atoms with Gasteiger partial charge in [-0.15, -0.1) is 0 Å². The fourth-order valence-electron chi connectivity index (χ4n) is 0.953. The monoisotopic (exact) mass is 201 g/mol. The second kappa shape index (κ2) is 5.16. The molecule has 0 aliphatic rings. The van der Waals surface area contributed by atoms with Crippen molar-refractivity contribution < 1.29 is 0 Å². The number of hydrogen-bond acceptors (Lipinski definition) is 4. The van der Waals surface area contributed by atoms with E-state index in [0.29, 0.717) is 6.54 Å². The molecule has 0 saturated carbocycles. The molecule has 0 aliphatic carbocycles. The van der Waals surface area contributed by atoms with Crippen LogP contribution in [0.4, 0.5) is 0 Å². The molecule has 4 N–H and O–H groups in total. The van der Waals surface area contributed by atoms with Gasteiger partial charge in [0.05, 0.1) is 0 Å². The highest BCUT2D eigenvalue weighted by molar-refractivity contribution is 7.07. The molecule has 5 heteroatoms. The lowest BCUT2D eigenvalue weighted by Crippen LogP contribution is -2.23. The molecule has 0 fully saturated rings. The number of nitrogens with two attached hydrogens (primary N) is 1. The van der Waals surface area contributed by atoms with E-state index in [1.165, 1.54) is 11.3 Å². The average Bonchev–Trinajstić information content (AvgIpc) is 2.45. The van der Waals surface area contributed by atoms with Gasteiger partial charge in [-0.3, -0.25) is 4.79 Å². The van der Waals surface area contributed by atoms with E-state index in [-0.39, 0.29) is 10.9 Å². The van der Waals surface area contributed by atoms with Gasteiger partial charge in [-0.25, -0.2) is 0 Å². The summed E-state index contributed by atoms with van der Waals surface area (Å²) < 4.78 is 0. The van der Waals surface area contributed by atoms with E-state index in [1.807, 2.05) is 12.3 Å². The van der Waals surface area contributed by atoms with Crippen molar-refractivity contribution in [2.75, 3.05) is 6.54 Å². The highest BCUT2D eigenvalue weighted by Crippen LogP contribution is 1.94. The third kappa shape index (κ3) is 4.21. The molecule has 1 rings (SSSR count). The average molecular weight is 201 g/mol. The summed E-state index contributed by atoms with van der Waals surface area (Å²) in [6.45, 7) is 3.58. The summed E-state index contributed by atoms with van der Waals surface area (Å²) in [7, 11) is 0. The fourth-order valence-corrected chi connectivity index (χ4v) is 1.53. The fraction of sp³-hybridized carbons (Fsp3) is 0.625. The van der Waals surface area contributed by atoms with Crippen molar-refractivity contribution in [2.45, 2.75) is 25.9 Å². The molecule has 1 aromatic heterocycles. The van der Waals surface area contributed by atoms with E-state index in [4.69, 9.17) is 5.73 Å². The van der Waals surface area contributed by atoms with Crippen molar-refractivity contribution in [3.8, 4) is 0 Å². The molecule has 1 unspecified atom stereocenters. The molecular formula is C8H15N3OS. The highest BCUT2D eigenvalue weighted by atomic mass is 32.1. The smallest absolute Gasteiger partial charge is 0.304 e. The minimum Gasteiger partial charge on any atom is -0.328 e. The number of aromatic amines is 1. The molecule has 74 valence electrons. The molecule has 0 spiro atoms. The Balaban J connectivity index is 2.17. The van der Waals surface area contributed by atoms with Crippen LogP contribution in [0.25, 0.3) is 0 Å². The second-order valence-corrected chi connectivity index (χ2v) is 3.96. The Kier molecular flexibility index (Phi) is 4.14. The van der Waals surface area contributed by atoms with Gasteiger partial charge in [0.25, 0.3) is 0 Å². The molecule has 0 aromatic carbocycles. The maximum Gasteiger partial charge on any atom is 0.304 e. The van der Waals surface area contributed by atoms with Crippen LogP contribution in [0, 0.1) is 0 Å². The maximum absolute atomic E-state index is 10.7. The van der Waals surface area contributed by atoms with Crippen molar-refractivity contribution >= 4 is 11.3 Å². The Morgan fingerprint density at radius 1 is 1.77 bits per heavy atom. The molecule has 1 atom stereocenters. The predicted molar refractivity (Wildman–Crippen MR) is 54.9 cm³/mol. The summed E-state index contributed by atoms with van der Waals surface area (Å²) in [5.41, 5.74) is 6.52. The van der Waals surface area contributed by atoms with Crippen molar-refractivity contribution in [2.24, 2.45) is 5.73 Å². The number of nitrogens with one attached hydrogen (secondary N) is 2. The summed E-state index contributed by atoms with van der Waals surface area (Å²) >= 11 is 1.19. The topological polar surface area (TPSA) is 70.9 Å². The number of aromatic nitrogens is 1. The third-order valence-corrected chi connectivity index (χ3v) is 2.38.